The molecule has 0 unspecified atom stereocenters. The largest absolute Gasteiger partial charge is 0.322 e. The van der Waals surface area contributed by atoms with Crippen LogP contribution in [0.2, 0.25) is 0 Å². The number of unbranched alkanes of at least 4 members (excludes halogenated alkanes) is 1. The predicted molar refractivity (Wildman–Crippen MR) is 147 cm³/mol. The molecule has 0 radical (unpaired) electrons. The zero-order chi connectivity index (χ0) is 26.2. The number of carbonyl (C=O) groups is 2. The van der Waals surface area contributed by atoms with E-state index in [1.54, 1.807) is 35.0 Å². The summed E-state index contributed by atoms with van der Waals surface area (Å²) in [6, 6.07) is 24.0. The molecule has 0 aliphatic rings. The minimum atomic E-state index is -0.370. The summed E-state index contributed by atoms with van der Waals surface area (Å²) in [6.45, 7) is 2.31. The lowest BCUT2D eigenvalue weighted by Crippen LogP contribution is -2.41. The van der Waals surface area contributed by atoms with Crippen LogP contribution in [0.4, 0.5) is 20.7 Å². The zero-order valence-corrected chi connectivity index (χ0v) is 21.9. The molecule has 4 rings (SSSR count). The highest BCUT2D eigenvalue weighted by Gasteiger charge is 2.19. The molecule has 0 fully saturated rings. The van der Waals surface area contributed by atoms with Gasteiger partial charge in [0.05, 0.1) is 11.4 Å². The van der Waals surface area contributed by atoms with Crippen LogP contribution in [0.25, 0.3) is 16.9 Å². The van der Waals surface area contributed by atoms with E-state index in [9.17, 15) is 14.0 Å². The van der Waals surface area contributed by atoms with Gasteiger partial charge in [0.25, 0.3) is 0 Å². The Labute approximate surface area is 223 Å². The molecule has 1 aromatic heterocycles. The summed E-state index contributed by atoms with van der Waals surface area (Å²) in [6.07, 6.45) is 1.63. The molecule has 190 valence electrons. The average Bonchev–Trinajstić information content (AvgIpc) is 3.32. The lowest BCUT2D eigenvalue weighted by molar-refractivity contribution is -0.116. The minimum absolute atomic E-state index is 0.141. The Balaban J connectivity index is 1.54. The first-order valence-electron chi connectivity index (χ1n) is 12.0. The van der Waals surface area contributed by atoms with Crippen LogP contribution in [-0.2, 0) is 4.79 Å². The maximum absolute atomic E-state index is 13.5. The molecule has 2 N–H and O–H groups in total. The molecule has 3 amide bonds. The molecule has 37 heavy (non-hydrogen) atoms. The third kappa shape index (κ3) is 7.04. The standard InChI is InChI=1S/C28H27BrFN5O2/c1-2-3-17-34(28(37)31-23-13-9-21(29)10-14-23)19-27(36)32-26-18-25(20-7-5-4-6-8-20)33-35(26)24-15-11-22(30)12-16-24/h4-16,18H,2-3,17,19H2,1H3,(H,31,37)(H,32,36). The van der Waals surface area contributed by atoms with Gasteiger partial charge in [0.15, 0.2) is 0 Å². The Hall–Kier alpha value is -3.98. The first-order chi connectivity index (χ1) is 17.9. The van der Waals surface area contributed by atoms with Crippen LogP contribution >= 0.6 is 15.9 Å². The number of carbonyl (C=O) groups excluding carboxylic acids is 2. The van der Waals surface area contributed by atoms with Crippen molar-refractivity contribution < 1.29 is 14.0 Å². The lowest BCUT2D eigenvalue weighted by Gasteiger charge is -2.22. The van der Waals surface area contributed by atoms with Gasteiger partial charge in [-0.2, -0.15) is 5.10 Å². The van der Waals surface area contributed by atoms with Gasteiger partial charge >= 0.3 is 6.03 Å². The number of nitrogens with zero attached hydrogens (tertiary/aromatic N) is 3. The minimum Gasteiger partial charge on any atom is -0.315 e. The van der Waals surface area contributed by atoms with Gasteiger partial charge in [-0.25, -0.2) is 13.9 Å². The monoisotopic (exact) mass is 563 g/mol. The second kappa shape index (κ2) is 12.3. The van der Waals surface area contributed by atoms with Crippen molar-refractivity contribution in [1.29, 1.82) is 0 Å². The van der Waals surface area contributed by atoms with Crippen LogP contribution in [0.15, 0.2) is 89.4 Å². The van der Waals surface area contributed by atoms with Gasteiger partial charge in [-0.15, -0.1) is 0 Å². The molecule has 1 heterocycles. The number of nitrogens with one attached hydrogen (secondary N) is 2. The van der Waals surface area contributed by atoms with Crippen molar-refractivity contribution in [1.82, 2.24) is 14.7 Å². The fraction of sp³-hybridized carbons (Fsp3) is 0.179. The van der Waals surface area contributed by atoms with Crippen molar-refractivity contribution in [2.75, 3.05) is 23.7 Å². The highest BCUT2D eigenvalue weighted by Crippen LogP contribution is 2.25. The fourth-order valence-corrected chi connectivity index (χ4v) is 3.96. The summed E-state index contributed by atoms with van der Waals surface area (Å²) >= 11 is 3.38. The van der Waals surface area contributed by atoms with E-state index in [1.807, 2.05) is 49.4 Å². The number of amides is 3. The van der Waals surface area contributed by atoms with Crippen LogP contribution in [0.3, 0.4) is 0 Å². The third-order valence-electron chi connectivity index (χ3n) is 5.62. The molecule has 4 aromatic rings. The van der Waals surface area contributed by atoms with Crippen LogP contribution < -0.4 is 10.6 Å². The third-order valence-corrected chi connectivity index (χ3v) is 6.15. The van der Waals surface area contributed by atoms with Gasteiger partial charge in [-0.1, -0.05) is 59.6 Å². The maximum atomic E-state index is 13.5. The van der Waals surface area contributed by atoms with Crippen LogP contribution in [0.5, 0.6) is 0 Å². The molecule has 0 saturated carbocycles. The molecule has 0 saturated heterocycles. The summed E-state index contributed by atoms with van der Waals surface area (Å²) in [5.41, 5.74) is 2.75. The molecule has 7 nitrogen and oxygen atoms in total. The van der Waals surface area contributed by atoms with Gasteiger partial charge in [0, 0.05) is 28.3 Å². The van der Waals surface area contributed by atoms with E-state index >= 15 is 0 Å². The van der Waals surface area contributed by atoms with Gasteiger partial charge < -0.3 is 15.5 Å². The smallest absolute Gasteiger partial charge is 0.315 e. The number of hydrogen-bond donors (Lipinski definition) is 2. The van der Waals surface area contributed by atoms with Gasteiger partial charge in [0.2, 0.25) is 5.91 Å². The van der Waals surface area contributed by atoms with Crippen LogP contribution in [0, 0.1) is 5.82 Å². The molecule has 0 spiro atoms. The fourth-order valence-electron chi connectivity index (χ4n) is 3.69. The molecule has 3 aromatic carbocycles. The number of hydrogen-bond acceptors (Lipinski definition) is 3. The first kappa shape index (κ1) is 26.1. The number of benzene rings is 3. The van der Waals surface area contributed by atoms with Gasteiger partial charge in [-0.3, -0.25) is 4.79 Å². The highest BCUT2D eigenvalue weighted by atomic mass is 79.9. The Morgan fingerprint density at radius 1 is 0.973 bits per heavy atom. The number of halogens is 2. The van der Waals surface area contributed by atoms with Gasteiger partial charge in [-0.05, 0) is 55.0 Å². The Morgan fingerprint density at radius 3 is 2.35 bits per heavy atom. The van der Waals surface area contributed by atoms with Crippen LogP contribution in [-0.4, -0.2) is 39.7 Å². The number of urea groups is 1. The first-order valence-corrected chi connectivity index (χ1v) is 12.7. The van der Waals surface area contributed by atoms with Crippen molar-refractivity contribution in [2.45, 2.75) is 19.8 Å². The molecule has 0 aliphatic heterocycles. The normalized spacial score (nSPS) is 10.7. The van der Waals surface area contributed by atoms with E-state index in [4.69, 9.17) is 0 Å². The average molecular weight is 564 g/mol. The summed E-state index contributed by atoms with van der Waals surface area (Å²) in [7, 11) is 0. The Kier molecular flexibility index (Phi) is 8.68. The zero-order valence-electron chi connectivity index (χ0n) is 20.3. The van der Waals surface area contributed by atoms with E-state index in [0.29, 0.717) is 29.4 Å². The molecular formula is C28H27BrFN5O2. The summed E-state index contributed by atoms with van der Waals surface area (Å²) < 4.78 is 16.0. The summed E-state index contributed by atoms with van der Waals surface area (Å²) in [5.74, 6) is -0.322. The number of anilines is 2. The molecular weight excluding hydrogens is 537 g/mol. The van der Waals surface area contributed by atoms with E-state index < -0.39 is 0 Å². The topological polar surface area (TPSA) is 79.3 Å². The van der Waals surface area contributed by atoms with E-state index in [1.165, 1.54) is 17.0 Å². The Morgan fingerprint density at radius 2 is 1.68 bits per heavy atom. The lowest BCUT2D eigenvalue weighted by atomic mass is 10.1. The van der Waals surface area contributed by atoms with Crippen LogP contribution in [0.1, 0.15) is 19.8 Å². The summed E-state index contributed by atoms with van der Waals surface area (Å²) in [5, 5.41) is 10.4. The van der Waals surface area contributed by atoms with Gasteiger partial charge in [0.1, 0.15) is 18.2 Å². The SMILES string of the molecule is CCCCN(CC(=O)Nc1cc(-c2ccccc2)nn1-c1ccc(F)cc1)C(=O)Nc1ccc(Br)cc1. The van der Waals surface area contributed by atoms with E-state index in [-0.39, 0.29) is 24.3 Å². The molecule has 9 heteroatoms. The van der Waals surface area contributed by atoms with Crippen molar-refractivity contribution in [3.8, 4) is 16.9 Å². The second-order valence-corrected chi connectivity index (χ2v) is 9.35. The highest BCUT2D eigenvalue weighted by molar-refractivity contribution is 9.10. The maximum Gasteiger partial charge on any atom is 0.322 e. The van der Waals surface area contributed by atoms with Crippen molar-refractivity contribution in [3.05, 3.63) is 95.2 Å². The molecule has 0 aliphatic carbocycles. The predicted octanol–water partition coefficient (Wildman–Crippen LogP) is 6.71. The van der Waals surface area contributed by atoms with E-state index in [0.717, 1.165) is 22.9 Å². The van der Waals surface area contributed by atoms with E-state index in [2.05, 4.69) is 31.7 Å². The van der Waals surface area contributed by atoms with Crippen molar-refractivity contribution in [3.63, 3.8) is 0 Å². The summed E-state index contributed by atoms with van der Waals surface area (Å²) in [4.78, 5) is 27.6. The van der Waals surface area contributed by atoms with Crippen molar-refractivity contribution >= 4 is 39.4 Å². The number of aromatic nitrogens is 2. The Bertz CT molecular complexity index is 1340. The molecule has 0 atom stereocenters. The quantitative estimate of drug-likeness (QED) is 0.237. The van der Waals surface area contributed by atoms with Crippen molar-refractivity contribution in [2.24, 2.45) is 0 Å². The molecule has 0 bridgehead atoms. The number of rotatable bonds is 9. The second-order valence-electron chi connectivity index (χ2n) is 8.43.